The number of hydrogen-bond acceptors (Lipinski definition) is 9. The van der Waals surface area contributed by atoms with E-state index in [4.69, 9.17) is 28.8 Å². The molecule has 0 aromatic heterocycles. The minimum absolute atomic E-state index is 0.121. The summed E-state index contributed by atoms with van der Waals surface area (Å²) in [5.74, 6) is -0.947. The SMILES string of the molecule is CC(=O)Nc1ccc(OCCOCCOCCOCCOCCNC(=O)COCC(=O)O)cc1. The number of anilines is 1. The van der Waals surface area contributed by atoms with Crippen LogP contribution < -0.4 is 15.4 Å². The van der Waals surface area contributed by atoms with Gasteiger partial charge in [-0.3, -0.25) is 9.59 Å². The lowest BCUT2D eigenvalue weighted by atomic mass is 10.3. The molecule has 34 heavy (non-hydrogen) atoms. The molecular formula is C22H34N2O10. The summed E-state index contributed by atoms with van der Waals surface area (Å²) in [5.41, 5.74) is 0.717. The Morgan fingerprint density at radius 3 is 1.79 bits per heavy atom. The van der Waals surface area contributed by atoms with E-state index >= 15 is 0 Å². The molecule has 0 atom stereocenters. The molecule has 2 amide bonds. The van der Waals surface area contributed by atoms with Crippen LogP contribution in [0.5, 0.6) is 5.75 Å². The number of benzene rings is 1. The van der Waals surface area contributed by atoms with E-state index in [1.807, 2.05) is 0 Å². The van der Waals surface area contributed by atoms with Crippen LogP contribution in [0.25, 0.3) is 0 Å². The first-order chi connectivity index (χ1) is 16.5. The van der Waals surface area contributed by atoms with Crippen molar-refractivity contribution in [2.24, 2.45) is 0 Å². The average Bonchev–Trinajstić information content (AvgIpc) is 2.79. The third-order valence-corrected chi connectivity index (χ3v) is 3.81. The summed E-state index contributed by atoms with van der Waals surface area (Å²) in [7, 11) is 0. The summed E-state index contributed by atoms with van der Waals surface area (Å²) < 4.78 is 31.7. The van der Waals surface area contributed by atoms with Gasteiger partial charge in [0.15, 0.2) is 0 Å². The molecule has 1 aromatic rings. The number of rotatable bonds is 21. The number of hydrogen-bond donors (Lipinski definition) is 3. The van der Waals surface area contributed by atoms with E-state index in [0.29, 0.717) is 77.4 Å². The maximum absolute atomic E-state index is 11.3. The number of aliphatic carboxylic acids is 1. The molecule has 12 heteroatoms. The lowest BCUT2D eigenvalue weighted by molar-refractivity contribution is -0.143. The highest BCUT2D eigenvalue weighted by atomic mass is 16.6. The van der Waals surface area contributed by atoms with Crippen LogP contribution in [-0.4, -0.2) is 102 Å². The van der Waals surface area contributed by atoms with Crippen LogP contribution in [-0.2, 0) is 38.1 Å². The standard InChI is InChI=1S/C22H34N2O10/c1-18(25)24-19-2-4-20(5-3-19)34-15-14-32-13-12-31-11-10-30-9-8-29-7-6-23-21(26)16-33-17-22(27)28/h2-5H,6-17H2,1H3,(H,23,26)(H,24,25)(H,27,28). The normalized spacial score (nSPS) is 10.6. The summed E-state index contributed by atoms with van der Waals surface area (Å²) in [6.45, 7) is 4.64. The van der Waals surface area contributed by atoms with Gasteiger partial charge in [-0.1, -0.05) is 0 Å². The fourth-order valence-electron chi connectivity index (χ4n) is 2.36. The van der Waals surface area contributed by atoms with Crippen LogP contribution >= 0.6 is 0 Å². The van der Waals surface area contributed by atoms with E-state index in [0.717, 1.165) is 0 Å². The van der Waals surface area contributed by atoms with Gasteiger partial charge in [0.1, 0.15) is 25.6 Å². The highest BCUT2D eigenvalue weighted by Gasteiger charge is 2.03. The molecule has 12 nitrogen and oxygen atoms in total. The van der Waals surface area contributed by atoms with Crippen LogP contribution in [0.2, 0.25) is 0 Å². The summed E-state index contributed by atoms with van der Waals surface area (Å²) in [6.07, 6.45) is 0. The van der Waals surface area contributed by atoms with Gasteiger partial charge in [-0.25, -0.2) is 4.79 Å². The smallest absolute Gasteiger partial charge is 0.329 e. The van der Waals surface area contributed by atoms with Crippen LogP contribution in [0.4, 0.5) is 5.69 Å². The molecule has 192 valence electrons. The Morgan fingerprint density at radius 1 is 0.735 bits per heavy atom. The highest BCUT2D eigenvalue weighted by molar-refractivity contribution is 5.88. The van der Waals surface area contributed by atoms with Crippen molar-refractivity contribution in [3.05, 3.63) is 24.3 Å². The maximum Gasteiger partial charge on any atom is 0.329 e. The predicted octanol–water partition coefficient (Wildman–Crippen LogP) is 0.308. The van der Waals surface area contributed by atoms with Crippen LogP contribution in [0.1, 0.15) is 6.92 Å². The van der Waals surface area contributed by atoms with Crippen molar-refractivity contribution in [3.63, 3.8) is 0 Å². The van der Waals surface area contributed by atoms with E-state index in [1.54, 1.807) is 24.3 Å². The monoisotopic (exact) mass is 486 g/mol. The molecule has 3 N–H and O–H groups in total. The number of carboxylic acid groups (broad SMARTS) is 1. The first-order valence-corrected chi connectivity index (χ1v) is 10.8. The van der Waals surface area contributed by atoms with Crippen molar-refractivity contribution in [3.8, 4) is 5.75 Å². The van der Waals surface area contributed by atoms with Crippen molar-refractivity contribution >= 4 is 23.5 Å². The third-order valence-electron chi connectivity index (χ3n) is 3.81. The molecule has 0 heterocycles. The van der Waals surface area contributed by atoms with E-state index in [-0.39, 0.29) is 12.5 Å². The number of amides is 2. The molecule has 0 spiro atoms. The Labute approximate surface area is 198 Å². The number of nitrogens with one attached hydrogen (secondary N) is 2. The lowest BCUT2D eigenvalue weighted by Crippen LogP contribution is -2.31. The zero-order valence-electron chi connectivity index (χ0n) is 19.4. The summed E-state index contributed by atoms with van der Waals surface area (Å²) in [6, 6.07) is 7.09. The molecule has 0 saturated heterocycles. The van der Waals surface area contributed by atoms with Crippen LogP contribution in [0, 0.1) is 0 Å². The van der Waals surface area contributed by atoms with E-state index in [2.05, 4.69) is 15.4 Å². The van der Waals surface area contributed by atoms with Crippen molar-refractivity contribution in [1.29, 1.82) is 0 Å². The van der Waals surface area contributed by atoms with Crippen molar-refractivity contribution in [2.75, 3.05) is 84.5 Å². The Bertz CT molecular complexity index is 699. The van der Waals surface area contributed by atoms with Crippen LogP contribution in [0.15, 0.2) is 24.3 Å². The zero-order chi connectivity index (χ0) is 24.9. The van der Waals surface area contributed by atoms with Gasteiger partial charge in [0, 0.05) is 19.2 Å². The third kappa shape index (κ3) is 17.7. The van der Waals surface area contributed by atoms with Gasteiger partial charge in [-0.05, 0) is 24.3 Å². The van der Waals surface area contributed by atoms with Gasteiger partial charge >= 0.3 is 5.97 Å². The molecule has 1 rings (SSSR count). The van der Waals surface area contributed by atoms with Gasteiger partial charge in [0.25, 0.3) is 0 Å². The van der Waals surface area contributed by atoms with E-state index in [9.17, 15) is 14.4 Å². The number of carbonyl (C=O) groups is 3. The van der Waals surface area contributed by atoms with Crippen molar-refractivity contribution < 1.29 is 47.9 Å². The molecule has 0 aliphatic heterocycles. The second kappa shape index (κ2) is 19.7. The summed E-state index contributed by atoms with van der Waals surface area (Å²) in [4.78, 5) is 32.5. The number of carboxylic acids is 1. The minimum atomic E-state index is -1.12. The number of ether oxygens (including phenoxy) is 6. The molecule has 0 aliphatic carbocycles. The van der Waals surface area contributed by atoms with Gasteiger partial charge in [0.05, 0.1) is 52.9 Å². The molecule has 0 aliphatic rings. The molecule has 1 aromatic carbocycles. The van der Waals surface area contributed by atoms with Crippen molar-refractivity contribution in [1.82, 2.24) is 5.32 Å². The van der Waals surface area contributed by atoms with E-state index < -0.39 is 18.5 Å². The van der Waals surface area contributed by atoms with Gasteiger partial charge in [-0.2, -0.15) is 0 Å². The molecular weight excluding hydrogens is 452 g/mol. The molecule has 0 bridgehead atoms. The zero-order valence-corrected chi connectivity index (χ0v) is 19.4. The average molecular weight is 487 g/mol. The topological polar surface area (TPSA) is 151 Å². The van der Waals surface area contributed by atoms with Crippen LogP contribution in [0.3, 0.4) is 0 Å². The lowest BCUT2D eigenvalue weighted by Gasteiger charge is -2.09. The van der Waals surface area contributed by atoms with Gasteiger partial charge in [0.2, 0.25) is 11.8 Å². The van der Waals surface area contributed by atoms with Gasteiger partial charge in [-0.15, -0.1) is 0 Å². The first kappa shape index (κ1) is 29.3. The minimum Gasteiger partial charge on any atom is -0.491 e. The fraction of sp³-hybridized carbons (Fsp3) is 0.591. The Balaban J connectivity index is 1.80. The molecule has 0 unspecified atom stereocenters. The second-order valence-corrected chi connectivity index (χ2v) is 6.74. The van der Waals surface area contributed by atoms with Gasteiger partial charge < -0.3 is 44.2 Å². The van der Waals surface area contributed by atoms with E-state index in [1.165, 1.54) is 6.92 Å². The summed E-state index contributed by atoms with van der Waals surface area (Å²) in [5, 5.41) is 13.6. The predicted molar refractivity (Wildman–Crippen MR) is 121 cm³/mol. The second-order valence-electron chi connectivity index (χ2n) is 6.74. The fourth-order valence-corrected chi connectivity index (χ4v) is 2.36. The quantitative estimate of drug-likeness (QED) is 0.207. The highest BCUT2D eigenvalue weighted by Crippen LogP contribution is 2.15. The molecule has 0 saturated carbocycles. The first-order valence-electron chi connectivity index (χ1n) is 10.8. The Hall–Kier alpha value is -2.77. The molecule has 0 radical (unpaired) electrons. The Morgan fingerprint density at radius 2 is 1.26 bits per heavy atom. The molecule has 0 fully saturated rings. The Kier molecular flexibility index (Phi) is 16.9. The summed E-state index contributed by atoms with van der Waals surface area (Å²) >= 11 is 0. The number of carbonyl (C=O) groups excluding carboxylic acids is 2. The van der Waals surface area contributed by atoms with Crippen molar-refractivity contribution in [2.45, 2.75) is 6.92 Å². The largest absolute Gasteiger partial charge is 0.491 e. The maximum atomic E-state index is 11.3.